The van der Waals surface area contributed by atoms with Crippen LogP contribution in [0.25, 0.3) is 0 Å². The van der Waals surface area contributed by atoms with Crippen molar-refractivity contribution in [3.8, 4) is 5.75 Å². The minimum Gasteiger partial charge on any atom is -0.508 e. The van der Waals surface area contributed by atoms with E-state index in [2.05, 4.69) is 24.8 Å². The van der Waals surface area contributed by atoms with Gasteiger partial charge in [-0.3, -0.25) is 0 Å². The van der Waals surface area contributed by atoms with Gasteiger partial charge in [0, 0.05) is 13.1 Å². The molecule has 2 fully saturated rings. The smallest absolute Gasteiger partial charge is 0.115 e. The Morgan fingerprint density at radius 2 is 2.00 bits per heavy atom. The lowest BCUT2D eigenvalue weighted by atomic mass is 9.68. The van der Waals surface area contributed by atoms with Crippen molar-refractivity contribution >= 4 is 0 Å². The van der Waals surface area contributed by atoms with Gasteiger partial charge in [0.05, 0.1) is 6.10 Å². The summed E-state index contributed by atoms with van der Waals surface area (Å²) >= 11 is 0. The molecule has 1 aromatic carbocycles. The third-order valence-electron chi connectivity index (χ3n) is 7.01. The van der Waals surface area contributed by atoms with E-state index in [9.17, 15) is 10.2 Å². The van der Waals surface area contributed by atoms with Gasteiger partial charge in [-0.25, -0.2) is 0 Å². The van der Waals surface area contributed by atoms with E-state index in [-0.39, 0.29) is 11.5 Å². The van der Waals surface area contributed by atoms with Crippen molar-refractivity contribution < 1.29 is 10.2 Å². The van der Waals surface area contributed by atoms with Crippen LogP contribution in [0.5, 0.6) is 5.75 Å². The lowest BCUT2D eigenvalue weighted by Crippen LogP contribution is -2.48. The zero-order chi connectivity index (χ0) is 17.9. The average molecular weight is 346 g/mol. The Hall–Kier alpha value is -1.06. The van der Waals surface area contributed by atoms with E-state index < -0.39 is 0 Å². The largest absolute Gasteiger partial charge is 0.508 e. The Morgan fingerprint density at radius 1 is 1.24 bits per heavy atom. The number of hydrogen-bond acceptors (Lipinski definition) is 3. The second-order valence-electron chi connectivity index (χ2n) is 8.67. The van der Waals surface area contributed by atoms with Crippen molar-refractivity contribution in [1.82, 2.24) is 4.90 Å². The SMILES string of the molecule is C[C@H]1CN(CC[C@@H](O)C2CCCCC2)CC[C@]1(C)c1cccc(O)c1. The molecule has 1 aliphatic heterocycles. The lowest BCUT2D eigenvalue weighted by Gasteiger charge is -2.45. The van der Waals surface area contributed by atoms with Gasteiger partial charge in [-0.15, -0.1) is 0 Å². The van der Waals surface area contributed by atoms with Crippen molar-refractivity contribution in [1.29, 1.82) is 0 Å². The number of piperidine rings is 1. The number of phenols is 1. The summed E-state index contributed by atoms with van der Waals surface area (Å²) in [5.41, 5.74) is 1.37. The fourth-order valence-corrected chi connectivity index (χ4v) is 4.88. The molecular formula is C22H35NO2. The average Bonchev–Trinajstić information content (AvgIpc) is 2.63. The summed E-state index contributed by atoms with van der Waals surface area (Å²) in [6.07, 6.45) is 8.28. The second kappa shape index (κ2) is 8.09. The molecule has 140 valence electrons. The molecule has 0 radical (unpaired) electrons. The predicted octanol–water partition coefficient (Wildman–Crippen LogP) is 4.32. The number of aliphatic hydroxyl groups is 1. The molecule has 0 amide bonds. The molecule has 3 nitrogen and oxygen atoms in total. The van der Waals surface area contributed by atoms with E-state index in [1.807, 2.05) is 12.1 Å². The third-order valence-corrected chi connectivity index (χ3v) is 7.01. The van der Waals surface area contributed by atoms with Crippen molar-refractivity contribution in [3.05, 3.63) is 29.8 Å². The van der Waals surface area contributed by atoms with E-state index in [1.165, 1.54) is 37.7 Å². The number of hydrogen-bond donors (Lipinski definition) is 2. The molecule has 3 heteroatoms. The maximum Gasteiger partial charge on any atom is 0.115 e. The van der Waals surface area contributed by atoms with E-state index in [0.717, 1.165) is 32.5 Å². The highest BCUT2D eigenvalue weighted by atomic mass is 16.3. The fraction of sp³-hybridized carbons (Fsp3) is 0.727. The summed E-state index contributed by atoms with van der Waals surface area (Å²) in [6.45, 7) is 7.82. The highest BCUT2D eigenvalue weighted by Crippen LogP contribution is 2.40. The van der Waals surface area contributed by atoms with Gasteiger partial charge in [-0.1, -0.05) is 45.2 Å². The minimum atomic E-state index is -0.116. The number of aromatic hydroxyl groups is 1. The van der Waals surface area contributed by atoms with Crippen LogP contribution in [-0.2, 0) is 5.41 Å². The quantitative estimate of drug-likeness (QED) is 0.835. The molecule has 0 aromatic heterocycles. The molecule has 2 aliphatic rings. The van der Waals surface area contributed by atoms with Crippen LogP contribution in [0.4, 0.5) is 0 Å². The molecular weight excluding hydrogens is 310 g/mol. The summed E-state index contributed by atoms with van der Waals surface area (Å²) < 4.78 is 0. The van der Waals surface area contributed by atoms with Crippen LogP contribution in [0.15, 0.2) is 24.3 Å². The summed E-state index contributed by atoms with van der Waals surface area (Å²) in [5.74, 6) is 1.44. The van der Waals surface area contributed by atoms with Gasteiger partial charge in [0.25, 0.3) is 0 Å². The molecule has 0 bridgehead atoms. The van der Waals surface area contributed by atoms with Crippen molar-refractivity contribution in [2.24, 2.45) is 11.8 Å². The van der Waals surface area contributed by atoms with Gasteiger partial charge in [-0.2, -0.15) is 0 Å². The van der Waals surface area contributed by atoms with Crippen LogP contribution in [0.2, 0.25) is 0 Å². The van der Waals surface area contributed by atoms with Crippen LogP contribution in [0.1, 0.15) is 64.4 Å². The highest BCUT2D eigenvalue weighted by Gasteiger charge is 2.38. The standard InChI is InChI=1S/C22H35NO2/c1-17-16-23(13-11-21(25)18-7-4-3-5-8-18)14-12-22(17,2)19-9-6-10-20(24)15-19/h6,9-10,15,17-18,21,24-25H,3-5,7-8,11-14,16H2,1-2H3/t17-,21+,22-/m0/s1. The molecule has 1 heterocycles. The molecule has 2 N–H and O–H groups in total. The Morgan fingerprint density at radius 3 is 2.68 bits per heavy atom. The summed E-state index contributed by atoms with van der Waals surface area (Å²) in [6, 6.07) is 7.78. The van der Waals surface area contributed by atoms with E-state index in [0.29, 0.717) is 17.6 Å². The molecule has 3 rings (SSSR count). The number of likely N-dealkylation sites (tertiary alicyclic amines) is 1. The first-order valence-corrected chi connectivity index (χ1v) is 10.2. The van der Waals surface area contributed by atoms with Crippen LogP contribution in [0, 0.1) is 11.8 Å². The van der Waals surface area contributed by atoms with E-state index >= 15 is 0 Å². The fourth-order valence-electron chi connectivity index (χ4n) is 4.88. The van der Waals surface area contributed by atoms with Gasteiger partial charge in [0.2, 0.25) is 0 Å². The Balaban J connectivity index is 1.53. The first-order chi connectivity index (χ1) is 12.0. The predicted molar refractivity (Wildman–Crippen MR) is 103 cm³/mol. The maximum atomic E-state index is 10.5. The first kappa shape index (κ1) is 18.7. The van der Waals surface area contributed by atoms with Crippen molar-refractivity contribution in [3.63, 3.8) is 0 Å². The molecule has 25 heavy (non-hydrogen) atoms. The summed E-state index contributed by atoms with van der Waals surface area (Å²) in [7, 11) is 0. The Bertz CT molecular complexity index is 555. The zero-order valence-electron chi connectivity index (χ0n) is 16.0. The number of benzene rings is 1. The maximum absolute atomic E-state index is 10.5. The number of aliphatic hydroxyl groups excluding tert-OH is 1. The van der Waals surface area contributed by atoms with E-state index in [4.69, 9.17) is 0 Å². The Kier molecular flexibility index (Phi) is 6.06. The summed E-state index contributed by atoms with van der Waals surface area (Å²) in [5, 5.41) is 20.4. The second-order valence-corrected chi connectivity index (χ2v) is 8.67. The Labute approximate surface area is 153 Å². The third kappa shape index (κ3) is 4.38. The molecule has 1 aromatic rings. The number of nitrogens with zero attached hydrogens (tertiary/aromatic N) is 1. The van der Waals surface area contributed by atoms with Crippen molar-refractivity contribution in [2.45, 2.75) is 70.3 Å². The molecule has 0 unspecified atom stereocenters. The van der Waals surface area contributed by atoms with Crippen LogP contribution in [0.3, 0.4) is 0 Å². The van der Waals surface area contributed by atoms with E-state index in [1.54, 1.807) is 6.07 Å². The first-order valence-electron chi connectivity index (χ1n) is 10.2. The molecule has 0 spiro atoms. The van der Waals surface area contributed by atoms with Gasteiger partial charge in [-0.05, 0) is 67.2 Å². The molecule has 3 atom stereocenters. The summed E-state index contributed by atoms with van der Waals surface area (Å²) in [4.78, 5) is 2.53. The molecule has 1 aliphatic carbocycles. The topological polar surface area (TPSA) is 43.7 Å². The van der Waals surface area contributed by atoms with Crippen molar-refractivity contribution in [2.75, 3.05) is 19.6 Å². The molecule has 1 saturated carbocycles. The lowest BCUT2D eigenvalue weighted by molar-refractivity contribution is 0.0502. The van der Waals surface area contributed by atoms with Crippen LogP contribution >= 0.6 is 0 Å². The van der Waals surface area contributed by atoms with Gasteiger partial charge < -0.3 is 15.1 Å². The number of rotatable bonds is 5. The van der Waals surface area contributed by atoms with Gasteiger partial charge in [0.15, 0.2) is 0 Å². The monoisotopic (exact) mass is 345 g/mol. The van der Waals surface area contributed by atoms with Crippen LogP contribution < -0.4 is 0 Å². The highest BCUT2D eigenvalue weighted by molar-refractivity contribution is 5.33. The zero-order valence-corrected chi connectivity index (χ0v) is 16.0. The van der Waals surface area contributed by atoms with Gasteiger partial charge >= 0.3 is 0 Å². The molecule has 1 saturated heterocycles. The number of phenolic OH excluding ortho intramolecular Hbond substituents is 1. The minimum absolute atomic E-state index is 0.116. The van der Waals surface area contributed by atoms with Gasteiger partial charge in [0.1, 0.15) is 5.75 Å². The normalized spacial score (nSPS) is 30.3. The van der Waals surface area contributed by atoms with Crippen LogP contribution in [-0.4, -0.2) is 40.9 Å².